The molecule has 37 heavy (non-hydrogen) atoms. The van der Waals surface area contributed by atoms with Crippen LogP contribution in [0.1, 0.15) is 64.0 Å². The number of dihydropyridines is 1. The first-order chi connectivity index (χ1) is 17.8. The van der Waals surface area contributed by atoms with Crippen molar-refractivity contribution in [2.45, 2.75) is 65.4 Å². The third kappa shape index (κ3) is 5.71. The molecule has 0 bridgehead atoms. The molecule has 4 rings (SSSR count). The second-order valence-electron chi connectivity index (χ2n) is 10.4. The van der Waals surface area contributed by atoms with Gasteiger partial charge in [-0.3, -0.25) is 4.79 Å². The first-order valence-electron chi connectivity index (χ1n) is 13.1. The number of esters is 1. The highest BCUT2D eigenvalue weighted by molar-refractivity contribution is 6.04. The summed E-state index contributed by atoms with van der Waals surface area (Å²) in [4.78, 5) is 27.3. The first kappa shape index (κ1) is 26.5. The van der Waals surface area contributed by atoms with Crippen LogP contribution in [0.4, 0.5) is 0 Å². The number of carbonyl (C=O) groups is 2. The van der Waals surface area contributed by atoms with E-state index < -0.39 is 11.9 Å². The molecule has 5 nitrogen and oxygen atoms in total. The van der Waals surface area contributed by atoms with E-state index in [0.717, 1.165) is 29.7 Å². The Labute approximate surface area is 220 Å². The van der Waals surface area contributed by atoms with Crippen molar-refractivity contribution in [1.82, 2.24) is 5.32 Å². The van der Waals surface area contributed by atoms with Crippen LogP contribution >= 0.6 is 0 Å². The Kier molecular flexibility index (Phi) is 8.01. The molecule has 0 amide bonds. The molecule has 0 fully saturated rings. The molecule has 3 unspecified atom stereocenters. The molecule has 194 valence electrons. The summed E-state index contributed by atoms with van der Waals surface area (Å²) in [6.07, 6.45) is 4.21. The molecule has 1 heterocycles. The fourth-order valence-electron chi connectivity index (χ4n) is 5.23. The van der Waals surface area contributed by atoms with Crippen molar-refractivity contribution in [3.05, 3.63) is 101 Å². The van der Waals surface area contributed by atoms with E-state index in [2.05, 4.69) is 25.7 Å². The van der Waals surface area contributed by atoms with Crippen molar-refractivity contribution < 1.29 is 19.1 Å². The highest BCUT2D eigenvalue weighted by atomic mass is 16.5. The van der Waals surface area contributed by atoms with Gasteiger partial charge in [0.25, 0.3) is 0 Å². The van der Waals surface area contributed by atoms with Crippen LogP contribution in [0.2, 0.25) is 0 Å². The third-order valence-electron chi connectivity index (χ3n) is 7.55. The van der Waals surface area contributed by atoms with E-state index >= 15 is 0 Å². The Morgan fingerprint density at radius 2 is 1.86 bits per heavy atom. The highest BCUT2D eigenvalue weighted by Crippen LogP contribution is 2.49. The Bertz CT molecular complexity index is 1240. The van der Waals surface area contributed by atoms with Crippen molar-refractivity contribution in [1.29, 1.82) is 0 Å². The average molecular weight is 500 g/mol. The molecule has 0 saturated heterocycles. The highest BCUT2D eigenvalue weighted by Gasteiger charge is 2.44. The Hall–Kier alpha value is -3.60. The Morgan fingerprint density at radius 3 is 2.57 bits per heavy atom. The SMILES string of the molecule is C=CC(C)Oc1ccccc1C1C(C(=O)OCCc2ccccc2)=C(C)NC2=C1C(=O)CC(C)(CC)C2. The number of hydrogen-bond acceptors (Lipinski definition) is 5. The summed E-state index contributed by atoms with van der Waals surface area (Å²) in [5, 5.41) is 3.43. The number of para-hydroxylation sites is 1. The van der Waals surface area contributed by atoms with E-state index in [0.29, 0.717) is 35.4 Å². The molecule has 0 saturated carbocycles. The fraction of sp³-hybridized carbons (Fsp3) is 0.375. The minimum Gasteiger partial charge on any atom is -0.486 e. The molecule has 1 aliphatic heterocycles. The van der Waals surface area contributed by atoms with Crippen LogP contribution < -0.4 is 10.1 Å². The average Bonchev–Trinajstić information content (AvgIpc) is 2.88. The summed E-state index contributed by atoms with van der Waals surface area (Å²) >= 11 is 0. The number of allylic oxidation sites excluding steroid dienone is 3. The van der Waals surface area contributed by atoms with Gasteiger partial charge < -0.3 is 14.8 Å². The number of ketones is 1. The van der Waals surface area contributed by atoms with E-state index in [1.165, 1.54) is 0 Å². The van der Waals surface area contributed by atoms with Gasteiger partial charge >= 0.3 is 5.97 Å². The van der Waals surface area contributed by atoms with Gasteiger partial charge in [-0.15, -0.1) is 0 Å². The zero-order valence-corrected chi connectivity index (χ0v) is 22.3. The predicted octanol–water partition coefficient (Wildman–Crippen LogP) is 6.42. The van der Waals surface area contributed by atoms with Crippen LogP contribution in [0.15, 0.2) is 89.8 Å². The topological polar surface area (TPSA) is 64.6 Å². The van der Waals surface area contributed by atoms with Crippen molar-refractivity contribution >= 4 is 11.8 Å². The molecule has 0 spiro atoms. The maximum Gasteiger partial charge on any atom is 0.336 e. The number of ether oxygens (including phenoxy) is 2. The Morgan fingerprint density at radius 1 is 1.16 bits per heavy atom. The quantitative estimate of drug-likeness (QED) is 0.319. The van der Waals surface area contributed by atoms with Crippen LogP contribution in [0, 0.1) is 5.41 Å². The van der Waals surface area contributed by atoms with Gasteiger partial charge in [0.1, 0.15) is 11.9 Å². The molecule has 3 atom stereocenters. The molecule has 2 aliphatic rings. The monoisotopic (exact) mass is 499 g/mol. The number of carbonyl (C=O) groups excluding carboxylic acids is 2. The van der Waals surface area contributed by atoms with Gasteiger partial charge in [0, 0.05) is 35.4 Å². The molecule has 2 aromatic carbocycles. The predicted molar refractivity (Wildman–Crippen MR) is 146 cm³/mol. The number of hydrogen-bond donors (Lipinski definition) is 1. The zero-order chi connectivity index (χ0) is 26.6. The standard InChI is InChI=1S/C32H37NO4/c1-6-21(3)37-27-16-12-11-15-24(27)29-28(31(35)36-18-17-23-13-9-8-10-14-23)22(4)33-25-19-32(5,7-2)20-26(34)30(25)29/h6,8-16,21,29,33H,1,7,17-20H2,2-5H3. The number of nitrogens with one attached hydrogen (secondary N) is 1. The van der Waals surface area contributed by atoms with E-state index in [1.54, 1.807) is 6.08 Å². The molecule has 5 heteroatoms. The smallest absolute Gasteiger partial charge is 0.336 e. The van der Waals surface area contributed by atoms with E-state index in [1.807, 2.05) is 68.4 Å². The van der Waals surface area contributed by atoms with Gasteiger partial charge in [-0.05, 0) is 43.7 Å². The van der Waals surface area contributed by atoms with Crippen LogP contribution in [-0.2, 0) is 20.7 Å². The lowest BCUT2D eigenvalue weighted by molar-refractivity contribution is -0.139. The molecule has 1 aliphatic carbocycles. The molecular weight excluding hydrogens is 462 g/mol. The lowest BCUT2D eigenvalue weighted by Crippen LogP contribution is -2.39. The van der Waals surface area contributed by atoms with Gasteiger partial charge in [-0.2, -0.15) is 0 Å². The van der Waals surface area contributed by atoms with Crippen LogP contribution in [0.3, 0.4) is 0 Å². The van der Waals surface area contributed by atoms with Gasteiger partial charge in [0.2, 0.25) is 0 Å². The second kappa shape index (κ2) is 11.2. The maximum atomic E-state index is 13.7. The van der Waals surface area contributed by atoms with Gasteiger partial charge in [0.15, 0.2) is 5.78 Å². The van der Waals surface area contributed by atoms with E-state index in [-0.39, 0.29) is 23.9 Å². The molecule has 1 N–H and O–H groups in total. The summed E-state index contributed by atoms with van der Waals surface area (Å²) in [6, 6.07) is 17.6. The van der Waals surface area contributed by atoms with Crippen molar-refractivity contribution in [3.8, 4) is 5.75 Å². The fourth-order valence-corrected chi connectivity index (χ4v) is 5.23. The van der Waals surface area contributed by atoms with Gasteiger partial charge in [0.05, 0.1) is 18.1 Å². The molecular formula is C32H37NO4. The summed E-state index contributed by atoms with van der Waals surface area (Å²) in [7, 11) is 0. The van der Waals surface area contributed by atoms with E-state index in [9.17, 15) is 9.59 Å². The summed E-state index contributed by atoms with van der Waals surface area (Å²) in [6.45, 7) is 12.2. The van der Waals surface area contributed by atoms with Crippen molar-refractivity contribution in [2.24, 2.45) is 5.41 Å². The Balaban J connectivity index is 1.74. The first-order valence-corrected chi connectivity index (χ1v) is 13.1. The van der Waals surface area contributed by atoms with E-state index in [4.69, 9.17) is 9.47 Å². The molecule has 2 aromatic rings. The van der Waals surface area contributed by atoms with Gasteiger partial charge in [-0.25, -0.2) is 4.79 Å². The van der Waals surface area contributed by atoms with Gasteiger partial charge in [-0.1, -0.05) is 75.0 Å². The number of benzene rings is 2. The van der Waals surface area contributed by atoms with Crippen LogP contribution in [0.5, 0.6) is 5.75 Å². The molecule has 0 aromatic heterocycles. The largest absolute Gasteiger partial charge is 0.486 e. The maximum absolute atomic E-state index is 13.7. The third-order valence-corrected chi connectivity index (χ3v) is 7.55. The lowest BCUT2D eigenvalue weighted by atomic mass is 9.67. The summed E-state index contributed by atoms with van der Waals surface area (Å²) in [5.41, 5.74) is 4.49. The van der Waals surface area contributed by atoms with Crippen LogP contribution in [-0.4, -0.2) is 24.5 Å². The minimum atomic E-state index is -0.567. The van der Waals surface area contributed by atoms with Crippen LogP contribution in [0.25, 0.3) is 0 Å². The normalized spacial score (nSPS) is 22.2. The van der Waals surface area contributed by atoms with Crippen molar-refractivity contribution in [3.63, 3.8) is 0 Å². The van der Waals surface area contributed by atoms with Crippen molar-refractivity contribution in [2.75, 3.05) is 6.61 Å². The lowest BCUT2D eigenvalue weighted by Gasteiger charge is -2.41. The molecule has 0 radical (unpaired) electrons. The second-order valence-corrected chi connectivity index (χ2v) is 10.4. The number of rotatable bonds is 9. The summed E-state index contributed by atoms with van der Waals surface area (Å²) < 4.78 is 12.0. The summed E-state index contributed by atoms with van der Waals surface area (Å²) in [5.74, 6) is -0.285. The minimum absolute atomic E-state index is 0.0664. The number of Topliss-reactive ketones (excluding diaryl/α,β-unsaturated/α-hetero) is 1. The zero-order valence-electron chi connectivity index (χ0n) is 22.3.